The summed E-state index contributed by atoms with van der Waals surface area (Å²) in [5.74, 6) is -4.71. The number of amides is 2. The van der Waals surface area contributed by atoms with Crippen molar-refractivity contribution < 1.29 is 42.2 Å². The lowest BCUT2D eigenvalue weighted by atomic mass is 9.81. The van der Waals surface area contributed by atoms with Crippen LogP contribution < -0.4 is 0 Å². The van der Waals surface area contributed by atoms with E-state index in [1.807, 2.05) is 59.5 Å². The summed E-state index contributed by atoms with van der Waals surface area (Å²) in [7, 11) is 1.31. The Morgan fingerprint density at radius 3 is 2.27 bits per heavy atom. The van der Waals surface area contributed by atoms with Crippen LogP contribution in [0.5, 0.6) is 0 Å². The van der Waals surface area contributed by atoms with Gasteiger partial charge >= 0.3 is 18.1 Å². The molecule has 14 heteroatoms. The Morgan fingerprint density at radius 2 is 1.71 bits per heavy atom. The summed E-state index contributed by atoms with van der Waals surface area (Å²) in [6.07, 6.45) is -5.08. The van der Waals surface area contributed by atoms with Gasteiger partial charge in [-0.05, 0) is 30.2 Å². The summed E-state index contributed by atoms with van der Waals surface area (Å²) in [6.45, 7) is 2.25. The zero-order chi connectivity index (χ0) is 30.1. The van der Waals surface area contributed by atoms with Crippen LogP contribution >= 0.6 is 23.4 Å². The van der Waals surface area contributed by atoms with Crippen LogP contribution in [0.15, 0.2) is 59.6 Å². The summed E-state index contributed by atoms with van der Waals surface area (Å²) >= 11 is 7.47. The molecule has 2 saturated heterocycles. The molecular weight excluding hydrogens is 587 g/mol. The first-order valence-corrected chi connectivity index (χ1v) is 13.7. The molecule has 2 aromatic carbocycles. The Labute approximate surface area is 242 Å². The van der Waals surface area contributed by atoms with Crippen LogP contribution in [0.1, 0.15) is 18.1 Å². The van der Waals surface area contributed by atoms with Crippen LogP contribution in [0.4, 0.5) is 13.2 Å². The Bertz CT molecular complexity index is 1370. The fourth-order valence-corrected chi connectivity index (χ4v) is 6.61. The SMILES string of the molecule is COC(=O)[C@@]1(C)[C@H]2C(=O)N(Cc3ccccc3)C(=O)[C@H]2[C@H]2CN=C(SCc3ccc(Cl)cc3)N21.O=C(O)C(F)(F)F. The molecule has 2 aromatic rings. The highest BCUT2D eigenvalue weighted by Crippen LogP contribution is 2.52. The van der Waals surface area contributed by atoms with E-state index in [1.54, 1.807) is 6.92 Å². The molecule has 41 heavy (non-hydrogen) atoms. The molecule has 5 rings (SSSR count). The highest BCUT2D eigenvalue weighted by atomic mass is 35.5. The van der Waals surface area contributed by atoms with Crippen molar-refractivity contribution in [2.75, 3.05) is 13.7 Å². The lowest BCUT2D eigenvalue weighted by molar-refractivity contribution is -0.192. The Kier molecular flexibility index (Phi) is 8.69. The van der Waals surface area contributed by atoms with Crippen LogP contribution in [0.25, 0.3) is 0 Å². The first-order chi connectivity index (χ1) is 19.3. The number of hydrogen-bond acceptors (Lipinski definition) is 8. The van der Waals surface area contributed by atoms with Gasteiger partial charge in [0.15, 0.2) is 5.17 Å². The van der Waals surface area contributed by atoms with Crippen LogP contribution in [0.2, 0.25) is 5.02 Å². The van der Waals surface area contributed by atoms with Crippen LogP contribution in [-0.2, 0) is 36.2 Å². The number of benzene rings is 2. The topological polar surface area (TPSA) is 117 Å². The molecule has 3 aliphatic heterocycles. The average molecular weight is 612 g/mol. The van der Waals surface area contributed by atoms with E-state index < -0.39 is 35.5 Å². The number of methoxy groups -OCH3 is 1. The van der Waals surface area contributed by atoms with E-state index in [1.165, 1.54) is 23.8 Å². The maximum absolute atomic E-state index is 13.6. The van der Waals surface area contributed by atoms with Gasteiger partial charge in [-0.1, -0.05) is 65.8 Å². The van der Waals surface area contributed by atoms with Gasteiger partial charge in [-0.3, -0.25) is 19.5 Å². The van der Waals surface area contributed by atoms with Crippen LogP contribution in [-0.4, -0.2) is 75.2 Å². The fraction of sp³-hybridized carbons (Fsp3) is 0.370. The van der Waals surface area contributed by atoms with Crippen molar-refractivity contribution in [3.8, 4) is 0 Å². The van der Waals surface area contributed by atoms with Crippen molar-refractivity contribution in [2.45, 2.75) is 37.0 Å². The third-order valence-electron chi connectivity index (χ3n) is 7.22. The first kappa shape index (κ1) is 30.4. The van der Waals surface area contributed by atoms with Gasteiger partial charge < -0.3 is 14.7 Å². The van der Waals surface area contributed by atoms with Gasteiger partial charge in [0, 0.05) is 10.8 Å². The number of esters is 1. The van der Waals surface area contributed by atoms with Crippen LogP contribution in [0, 0.1) is 11.8 Å². The maximum Gasteiger partial charge on any atom is 0.490 e. The minimum Gasteiger partial charge on any atom is -0.475 e. The number of carboxylic acid groups (broad SMARTS) is 1. The molecule has 0 aromatic heterocycles. The number of carbonyl (C=O) groups excluding carboxylic acids is 3. The van der Waals surface area contributed by atoms with Crippen LogP contribution in [0.3, 0.4) is 0 Å². The molecule has 0 aliphatic carbocycles. The monoisotopic (exact) mass is 611 g/mol. The number of alkyl halides is 3. The van der Waals surface area contributed by atoms with E-state index in [0.717, 1.165) is 11.1 Å². The molecule has 2 fully saturated rings. The molecule has 1 N–H and O–H groups in total. The van der Waals surface area contributed by atoms with Crippen molar-refractivity contribution in [3.05, 3.63) is 70.7 Å². The van der Waals surface area contributed by atoms with Gasteiger partial charge in [-0.15, -0.1) is 0 Å². The van der Waals surface area contributed by atoms with E-state index >= 15 is 0 Å². The normalized spacial score (nSPS) is 24.8. The van der Waals surface area contributed by atoms with Crippen molar-refractivity contribution >= 4 is 52.3 Å². The molecule has 9 nitrogen and oxygen atoms in total. The van der Waals surface area contributed by atoms with Gasteiger partial charge in [0.1, 0.15) is 5.54 Å². The lowest BCUT2D eigenvalue weighted by Gasteiger charge is -2.37. The number of rotatable bonds is 5. The summed E-state index contributed by atoms with van der Waals surface area (Å²) in [4.78, 5) is 57.0. The smallest absolute Gasteiger partial charge is 0.475 e. The molecular formula is C27H25ClF3N3O6S. The van der Waals surface area contributed by atoms with Gasteiger partial charge in [-0.2, -0.15) is 13.2 Å². The molecule has 0 radical (unpaired) electrons. The molecule has 0 spiro atoms. The maximum atomic E-state index is 13.6. The number of thioether (sulfide) groups is 1. The summed E-state index contributed by atoms with van der Waals surface area (Å²) in [5.41, 5.74) is 0.605. The first-order valence-electron chi connectivity index (χ1n) is 12.3. The zero-order valence-electron chi connectivity index (χ0n) is 21.8. The Balaban J connectivity index is 0.000000493. The molecule has 4 atom stereocenters. The number of ether oxygens (including phenoxy) is 1. The lowest BCUT2D eigenvalue weighted by Crippen LogP contribution is -2.57. The van der Waals surface area contributed by atoms with E-state index in [0.29, 0.717) is 22.5 Å². The Morgan fingerprint density at radius 1 is 1.10 bits per heavy atom. The number of imide groups is 1. The predicted molar refractivity (Wildman–Crippen MR) is 144 cm³/mol. The quantitative estimate of drug-likeness (QED) is 0.399. The number of nitrogens with zero attached hydrogens (tertiary/aromatic N) is 3. The number of fused-ring (bicyclic) bond motifs is 3. The van der Waals surface area contributed by atoms with Gasteiger partial charge in [-0.25, -0.2) is 9.59 Å². The molecule has 0 unspecified atom stereocenters. The molecule has 0 saturated carbocycles. The largest absolute Gasteiger partial charge is 0.490 e. The number of carbonyl (C=O) groups is 4. The molecule has 218 valence electrons. The predicted octanol–water partition coefficient (Wildman–Crippen LogP) is 3.99. The second-order valence-electron chi connectivity index (χ2n) is 9.67. The van der Waals surface area contributed by atoms with E-state index in [-0.39, 0.29) is 24.4 Å². The van der Waals surface area contributed by atoms with E-state index in [4.69, 9.17) is 26.2 Å². The van der Waals surface area contributed by atoms with E-state index in [9.17, 15) is 27.6 Å². The van der Waals surface area contributed by atoms with Crippen molar-refractivity contribution in [1.29, 1.82) is 0 Å². The van der Waals surface area contributed by atoms with Gasteiger partial charge in [0.2, 0.25) is 11.8 Å². The molecule has 2 amide bonds. The summed E-state index contributed by atoms with van der Waals surface area (Å²) in [5, 5.41) is 8.44. The third-order valence-corrected chi connectivity index (χ3v) is 8.53. The number of amidine groups is 1. The number of halogens is 4. The second-order valence-corrected chi connectivity index (χ2v) is 11.0. The highest BCUT2D eigenvalue weighted by Gasteiger charge is 2.72. The van der Waals surface area contributed by atoms with Crippen molar-refractivity contribution in [3.63, 3.8) is 0 Å². The minimum atomic E-state index is -5.08. The zero-order valence-corrected chi connectivity index (χ0v) is 23.4. The second kappa shape index (κ2) is 11.7. The number of aliphatic imine (C=N–C) groups is 1. The summed E-state index contributed by atoms with van der Waals surface area (Å²) < 4.78 is 36.9. The number of carboxylic acids is 1. The molecule has 3 aliphatic rings. The van der Waals surface area contributed by atoms with Crippen molar-refractivity contribution in [1.82, 2.24) is 9.80 Å². The van der Waals surface area contributed by atoms with Gasteiger partial charge in [0.25, 0.3) is 0 Å². The number of aliphatic carboxylic acids is 1. The Hall–Kier alpha value is -3.58. The highest BCUT2D eigenvalue weighted by molar-refractivity contribution is 8.13. The molecule has 3 heterocycles. The van der Waals surface area contributed by atoms with Gasteiger partial charge in [0.05, 0.1) is 38.1 Å². The average Bonchev–Trinajstić information content (AvgIpc) is 3.55. The van der Waals surface area contributed by atoms with Crippen molar-refractivity contribution in [2.24, 2.45) is 16.8 Å². The third kappa shape index (κ3) is 5.78. The van der Waals surface area contributed by atoms with E-state index in [2.05, 4.69) is 4.99 Å². The standard InChI is InChI=1S/C25H24ClN3O4S.C2HF3O2/c1-25(23(32)33-2)20-19(21(30)28(22(20)31)13-15-6-4-3-5-7-15)18-12-27-24(29(18)25)34-14-16-8-10-17(26)11-9-16;3-2(4,5)1(6)7/h3-11,18-20H,12-14H2,1-2H3;(H,6,7)/t18-,19+,20-,25-;/m1./s1. The summed E-state index contributed by atoms with van der Waals surface area (Å²) in [6, 6.07) is 16.6. The number of likely N-dealkylation sites (tertiary alicyclic amines) is 1. The molecule has 0 bridgehead atoms. The number of hydrogen-bond donors (Lipinski definition) is 1. The fourth-order valence-electron chi connectivity index (χ4n) is 5.37. The minimum absolute atomic E-state index is 0.189.